The molecule has 0 aliphatic rings. The molecule has 0 saturated heterocycles. The SMILES string of the molecule is Cc1cc(SN(O)c2c[nH]cc2Cc2ccccc2)c(F)cc1C#N. The summed E-state index contributed by atoms with van der Waals surface area (Å²) in [5, 5.41) is 19.4. The van der Waals surface area contributed by atoms with Crippen LogP contribution in [0.5, 0.6) is 0 Å². The summed E-state index contributed by atoms with van der Waals surface area (Å²) >= 11 is 0.870. The third-order valence-electron chi connectivity index (χ3n) is 3.83. The minimum absolute atomic E-state index is 0.255. The minimum Gasteiger partial charge on any atom is -0.365 e. The van der Waals surface area contributed by atoms with Crippen molar-refractivity contribution in [2.45, 2.75) is 18.2 Å². The van der Waals surface area contributed by atoms with E-state index in [0.717, 1.165) is 27.5 Å². The van der Waals surface area contributed by atoms with E-state index in [4.69, 9.17) is 5.26 Å². The van der Waals surface area contributed by atoms with E-state index in [1.165, 1.54) is 6.07 Å². The third kappa shape index (κ3) is 3.85. The zero-order valence-corrected chi connectivity index (χ0v) is 14.3. The van der Waals surface area contributed by atoms with Gasteiger partial charge in [0.25, 0.3) is 0 Å². The largest absolute Gasteiger partial charge is 0.365 e. The molecule has 2 aromatic carbocycles. The van der Waals surface area contributed by atoms with Crippen molar-refractivity contribution in [1.82, 2.24) is 4.98 Å². The fourth-order valence-electron chi connectivity index (χ4n) is 2.51. The summed E-state index contributed by atoms with van der Waals surface area (Å²) in [4.78, 5) is 3.23. The molecule has 0 amide bonds. The molecule has 6 heteroatoms. The van der Waals surface area contributed by atoms with E-state index in [1.807, 2.05) is 42.6 Å². The second-order valence-electron chi connectivity index (χ2n) is 5.60. The zero-order valence-electron chi connectivity index (χ0n) is 13.5. The lowest BCUT2D eigenvalue weighted by Gasteiger charge is -2.17. The number of halogens is 1. The number of aromatic amines is 1. The summed E-state index contributed by atoms with van der Waals surface area (Å²) in [7, 11) is 0. The lowest BCUT2D eigenvalue weighted by Crippen LogP contribution is -2.09. The molecule has 3 aromatic rings. The van der Waals surface area contributed by atoms with E-state index >= 15 is 0 Å². The summed E-state index contributed by atoms with van der Waals surface area (Å²) < 4.78 is 15.1. The molecule has 4 nitrogen and oxygen atoms in total. The van der Waals surface area contributed by atoms with E-state index in [9.17, 15) is 9.60 Å². The van der Waals surface area contributed by atoms with E-state index in [-0.39, 0.29) is 10.5 Å². The average molecular weight is 353 g/mol. The maximum absolute atomic E-state index is 14.1. The molecule has 0 radical (unpaired) electrons. The summed E-state index contributed by atoms with van der Waals surface area (Å²) in [6.45, 7) is 1.74. The number of nitrogens with zero attached hydrogens (tertiary/aromatic N) is 2. The van der Waals surface area contributed by atoms with Crippen LogP contribution in [0.3, 0.4) is 0 Å². The van der Waals surface area contributed by atoms with Crippen molar-refractivity contribution >= 4 is 17.6 Å². The number of rotatable bonds is 5. The summed E-state index contributed by atoms with van der Waals surface area (Å²) in [5.41, 5.74) is 3.53. The monoisotopic (exact) mass is 353 g/mol. The Hall–Kier alpha value is -2.75. The van der Waals surface area contributed by atoms with Crippen molar-refractivity contribution in [3.8, 4) is 6.07 Å². The fraction of sp³-hybridized carbons (Fsp3) is 0.105. The maximum Gasteiger partial charge on any atom is 0.139 e. The predicted molar refractivity (Wildman–Crippen MR) is 96.0 cm³/mol. The average Bonchev–Trinajstić information content (AvgIpc) is 3.07. The summed E-state index contributed by atoms with van der Waals surface area (Å²) in [6, 6.07) is 14.6. The first-order valence-corrected chi connectivity index (χ1v) is 8.42. The van der Waals surface area contributed by atoms with Crippen LogP contribution >= 0.6 is 11.9 Å². The Balaban J connectivity index is 1.81. The highest BCUT2D eigenvalue weighted by molar-refractivity contribution is 8.00. The highest BCUT2D eigenvalue weighted by atomic mass is 32.2. The van der Waals surface area contributed by atoms with Gasteiger partial charge in [-0.3, -0.25) is 5.21 Å². The Labute approximate surface area is 149 Å². The van der Waals surface area contributed by atoms with Crippen LogP contribution in [0.15, 0.2) is 59.8 Å². The van der Waals surface area contributed by atoms with E-state index < -0.39 is 5.82 Å². The molecule has 1 heterocycles. The molecule has 0 aliphatic carbocycles. The molecule has 2 N–H and O–H groups in total. The van der Waals surface area contributed by atoms with Crippen LogP contribution in [0.1, 0.15) is 22.3 Å². The topological polar surface area (TPSA) is 63.0 Å². The van der Waals surface area contributed by atoms with Crippen molar-refractivity contribution in [2.75, 3.05) is 4.47 Å². The highest BCUT2D eigenvalue weighted by Gasteiger charge is 2.16. The number of H-pyrrole nitrogens is 1. The molecule has 1 aromatic heterocycles. The van der Waals surface area contributed by atoms with E-state index in [2.05, 4.69) is 4.98 Å². The molecule has 25 heavy (non-hydrogen) atoms. The standard InChI is InChI=1S/C19H16FN3OS/c1-13-7-19(17(20)9-15(13)10-21)25-23(24)18-12-22-11-16(18)8-14-5-3-2-4-6-14/h2-7,9,11-12,22,24H,8H2,1H3. The molecule has 0 saturated carbocycles. The van der Waals surface area contributed by atoms with Gasteiger partial charge in [-0.1, -0.05) is 30.3 Å². The van der Waals surface area contributed by atoms with Gasteiger partial charge in [-0.05, 0) is 30.2 Å². The number of hydrogen-bond donors (Lipinski definition) is 2. The molecular formula is C19H16FN3OS. The van der Waals surface area contributed by atoms with Crippen LogP contribution in [-0.2, 0) is 6.42 Å². The molecule has 3 rings (SSSR count). The van der Waals surface area contributed by atoms with Gasteiger partial charge in [0.2, 0.25) is 0 Å². The zero-order chi connectivity index (χ0) is 17.8. The van der Waals surface area contributed by atoms with Gasteiger partial charge < -0.3 is 4.98 Å². The van der Waals surface area contributed by atoms with Gasteiger partial charge in [-0.25, -0.2) is 4.39 Å². The smallest absolute Gasteiger partial charge is 0.139 e. The number of aromatic nitrogens is 1. The Morgan fingerprint density at radius 1 is 1.24 bits per heavy atom. The van der Waals surface area contributed by atoms with Crippen LogP contribution in [0, 0.1) is 24.1 Å². The maximum atomic E-state index is 14.1. The lowest BCUT2D eigenvalue weighted by molar-refractivity contribution is 0.331. The number of anilines is 1. The van der Waals surface area contributed by atoms with Crippen LogP contribution in [0.25, 0.3) is 0 Å². The first kappa shape index (κ1) is 17.1. The Bertz CT molecular complexity index is 918. The Morgan fingerprint density at radius 3 is 2.72 bits per heavy atom. The van der Waals surface area contributed by atoms with Crippen LogP contribution < -0.4 is 4.47 Å². The minimum atomic E-state index is -0.536. The molecule has 126 valence electrons. The van der Waals surface area contributed by atoms with Gasteiger partial charge in [0.05, 0.1) is 22.2 Å². The molecular weight excluding hydrogens is 337 g/mol. The predicted octanol–water partition coefficient (Wildman–Crippen LogP) is 4.83. The molecule has 0 fully saturated rings. The quantitative estimate of drug-likeness (QED) is 0.509. The van der Waals surface area contributed by atoms with Gasteiger partial charge in [-0.2, -0.15) is 9.73 Å². The van der Waals surface area contributed by atoms with Crippen LogP contribution in [0.4, 0.5) is 10.1 Å². The fourth-order valence-corrected chi connectivity index (χ4v) is 3.34. The number of nitriles is 1. The van der Waals surface area contributed by atoms with Crippen molar-refractivity contribution in [3.63, 3.8) is 0 Å². The van der Waals surface area contributed by atoms with Crippen molar-refractivity contribution < 1.29 is 9.60 Å². The Morgan fingerprint density at radius 2 is 2.00 bits per heavy atom. The summed E-state index contributed by atoms with van der Waals surface area (Å²) in [5.74, 6) is -0.536. The molecule has 0 aliphatic heterocycles. The Kier molecular flexibility index (Phi) is 5.08. The van der Waals surface area contributed by atoms with Crippen molar-refractivity contribution in [2.24, 2.45) is 0 Å². The van der Waals surface area contributed by atoms with Gasteiger partial charge in [0, 0.05) is 36.3 Å². The molecule has 0 bridgehead atoms. The van der Waals surface area contributed by atoms with Crippen LogP contribution in [-0.4, -0.2) is 10.2 Å². The van der Waals surface area contributed by atoms with Crippen molar-refractivity contribution in [3.05, 3.63) is 82.9 Å². The highest BCUT2D eigenvalue weighted by Crippen LogP contribution is 2.33. The molecule has 0 spiro atoms. The summed E-state index contributed by atoms with van der Waals surface area (Å²) in [6.07, 6.45) is 4.12. The second-order valence-corrected chi connectivity index (χ2v) is 6.57. The van der Waals surface area contributed by atoms with Gasteiger partial charge in [-0.15, -0.1) is 0 Å². The van der Waals surface area contributed by atoms with Crippen LogP contribution in [0.2, 0.25) is 0 Å². The van der Waals surface area contributed by atoms with Gasteiger partial charge in [0.1, 0.15) is 5.82 Å². The van der Waals surface area contributed by atoms with Gasteiger partial charge in [0.15, 0.2) is 0 Å². The molecule has 0 atom stereocenters. The third-order valence-corrected chi connectivity index (χ3v) is 4.71. The first-order valence-electron chi connectivity index (χ1n) is 7.65. The number of benzene rings is 2. The first-order chi connectivity index (χ1) is 12.1. The normalized spacial score (nSPS) is 10.5. The number of hydrogen-bond acceptors (Lipinski definition) is 4. The lowest BCUT2D eigenvalue weighted by atomic mass is 10.1. The molecule has 0 unspecified atom stereocenters. The van der Waals surface area contributed by atoms with Crippen molar-refractivity contribution in [1.29, 1.82) is 5.26 Å². The number of nitrogens with one attached hydrogen (secondary N) is 1. The van der Waals surface area contributed by atoms with Gasteiger partial charge >= 0.3 is 0 Å². The van der Waals surface area contributed by atoms with E-state index in [0.29, 0.717) is 17.7 Å². The number of aryl methyl sites for hydroxylation is 1. The second kappa shape index (κ2) is 7.43. The van der Waals surface area contributed by atoms with E-state index in [1.54, 1.807) is 19.2 Å².